The summed E-state index contributed by atoms with van der Waals surface area (Å²) in [5, 5.41) is 11.4. The number of nitro benzene ring substituents is 1. The van der Waals surface area contributed by atoms with Gasteiger partial charge in [0, 0.05) is 24.8 Å². The number of rotatable bonds is 10. The number of fused-ring (bicyclic) bond motifs is 1. The summed E-state index contributed by atoms with van der Waals surface area (Å²) >= 11 is 1.45. The first-order valence-electron chi connectivity index (χ1n) is 10.3. The number of carbonyl (C=O) groups excluding carboxylic acids is 1. The van der Waals surface area contributed by atoms with Crippen molar-refractivity contribution < 1.29 is 14.5 Å². The van der Waals surface area contributed by atoms with Gasteiger partial charge in [-0.2, -0.15) is 0 Å². The van der Waals surface area contributed by atoms with Crippen molar-refractivity contribution in [3.8, 4) is 5.75 Å². The van der Waals surface area contributed by atoms with Gasteiger partial charge in [0.05, 0.1) is 21.7 Å². The first-order valence-corrected chi connectivity index (χ1v) is 11.1. The first-order chi connectivity index (χ1) is 15.4. The van der Waals surface area contributed by atoms with E-state index in [4.69, 9.17) is 4.74 Å². The number of non-ortho nitro benzene ring substituents is 1. The van der Waals surface area contributed by atoms with Crippen LogP contribution in [-0.2, 0) is 4.79 Å². The van der Waals surface area contributed by atoms with Crippen molar-refractivity contribution in [2.75, 3.05) is 38.7 Å². The molecule has 0 aliphatic rings. The number of thiazole rings is 1. The van der Waals surface area contributed by atoms with E-state index in [0.717, 1.165) is 28.9 Å². The highest BCUT2D eigenvalue weighted by Crippen LogP contribution is 2.32. The van der Waals surface area contributed by atoms with E-state index in [0.29, 0.717) is 23.8 Å². The van der Waals surface area contributed by atoms with Crippen LogP contribution < -0.4 is 9.64 Å². The number of hydrogen-bond acceptors (Lipinski definition) is 7. The van der Waals surface area contributed by atoms with Crippen molar-refractivity contribution in [2.24, 2.45) is 0 Å². The van der Waals surface area contributed by atoms with Crippen LogP contribution in [0.25, 0.3) is 16.3 Å². The van der Waals surface area contributed by atoms with Crippen molar-refractivity contribution in [3.05, 3.63) is 64.2 Å². The maximum absolute atomic E-state index is 13.1. The summed E-state index contributed by atoms with van der Waals surface area (Å²) in [5.74, 6) is 0.588. The molecule has 0 atom stereocenters. The molecule has 9 heteroatoms. The Kier molecular flexibility index (Phi) is 7.91. The second kappa shape index (κ2) is 10.8. The van der Waals surface area contributed by atoms with Crippen molar-refractivity contribution in [1.82, 2.24) is 9.88 Å². The Hall–Kier alpha value is -3.30. The van der Waals surface area contributed by atoms with E-state index in [1.165, 1.54) is 29.5 Å². The second-order valence-corrected chi connectivity index (χ2v) is 8.40. The van der Waals surface area contributed by atoms with Crippen LogP contribution >= 0.6 is 11.3 Å². The molecule has 1 aromatic heterocycles. The van der Waals surface area contributed by atoms with Gasteiger partial charge < -0.3 is 9.64 Å². The minimum atomic E-state index is -0.449. The van der Waals surface area contributed by atoms with Gasteiger partial charge in [-0.1, -0.05) is 11.3 Å². The topological polar surface area (TPSA) is 88.8 Å². The summed E-state index contributed by atoms with van der Waals surface area (Å²) in [4.78, 5) is 31.9. The first kappa shape index (κ1) is 23.4. The van der Waals surface area contributed by atoms with Crippen molar-refractivity contribution in [2.45, 2.75) is 13.3 Å². The lowest BCUT2D eigenvalue weighted by atomic mass is 10.2. The van der Waals surface area contributed by atoms with E-state index in [-0.39, 0.29) is 11.6 Å². The summed E-state index contributed by atoms with van der Waals surface area (Å²) < 4.78 is 6.53. The third-order valence-corrected chi connectivity index (χ3v) is 5.71. The van der Waals surface area contributed by atoms with E-state index in [1.54, 1.807) is 23.1 Å². The largest absolute Gasteiger partial charge is 0.494 e. The lowest BCUT2D eigenvalue weighted by Crippen LogP contribution is -2.32. The number of aromatic nitrogens is 1. The molecule has 2 aromatic carbocycles. The summed E-state index contributed by atoms with van der Waals surface area (Å²) in [7, 11) is 3.99. The van der Waals surface area contributed by atoms with Gasteiger partial charge in [-0.15, -0.1) is 0 Å². The summed E-state index contributed by atoms with van der Waals surface area (Å²) in [5.41, 5.74) is 1.54. The van der Waals surface area contributed by atoms with Crippen LogP contribution in [0.4, 0.5) is 10.8 Å². The highest BCUT2D eigenvalue weighted by Gasteiger charge is 2.18. The van der Waals surface area contributed by atoms with E-state index in [1.807, 2.05) is 39.2 Å². The van der Waals surface area contributed by atoms with Gasteiger partial charge >= 0.3 is 0 Å². The molecule has 3 aromatic rings. The molecule has 0 unspecified atom stereocenters. The quantitative estimate of drug-likeness (QED) is 0.253. The molecule has 168 valence electrons. The van der Waals surface area contributed by atoms with Gasteiger partial charge in [0.2, 0.25) is 0 Å². The average Bonchev–Trinajstić information content (AvgIpc) is 3.18. The molecule has 0 N–H and O–H groups in total. The molecule has 0 fully saturated rings. The molecule has 1 amide bonds. The molecule has 0 bridgehead atoms. The van der Waals surface area contributed by atoms with Gasteiger partial charge in [-0.3, -0.25) is 19.8 Å². The predicted molar refractivity (Wildman–Crippen MR) is 128 cm³/mol. The zero-order valence-electron chi connectivity index (χ0n) is 18.4. The number of carbonyl (C=O) groups is 1. The lowest BCUT2D eigenvalue weighted by Gasteiger charge is -2.19. The molecular formula is C23H26N4O4S. The second-order valence-electron chi connectivity index (χ2n) is 7.39. The van der Waals surface area contributed by atoms with E-state index in [2.05, 4.69) is 9.88 Å². The van der Waals surface area contributed by atoms with Gasteiger partial charge in [-0.05, 0) is 76.0 Å². The third-order valence-electron chi connectivity index (χ3n) is 4.67. The molecule has 0 spiro atoms. The van der Waals surface area contributed by atoms with Crippen LogP contribution in [-0.4, -0.2) is 54.5 Å². The Balaban J connectivity index is 1.83. The molecule has 3 rings (SSSR count). The van der Waals surface area contributed by atoms with E-state index in [9.17, 15) is 14.9 Å². The molecule has 0 aliphatic heterocycles. The smallest absolute Gasteiger partial charge is 0.269 e. The van der Waals surface area contributed by atoms with Crippen molar-refractivity contribution >= 4 is 44.4 Å². The van der Waals surface area contributed by atoms with Gasteiger partial charge in [-0.25, -0.2) is 4.98 Å². The van der Waals surface area contributed by atoms with E-state index < -0.39 is 4.92 Å². The Labute approximate surface area is 190 Å². The molecule has 0 saturated carbocycles. The van der Waals surface area contributed by atoms with Crippen molar-refractivity contribution in [3.63, 3.8) is 0 Å². The van der Waals surface area contributed by atoms with Gasteiger partial charge in [0.25, 0.3) is 11.6 Å². The Morgan fingerprint density at radius 1 is 1.19 bits per heavy atom. The molecule has 1 heterocycles. The fraction of sp³-hybridized carbons (Fsp3) is 0.304. The molecule has 8 nitrogen and oxygen atoms in total. The number of benzene rings is 2. The maximum Gasteiger partial charge on any atom is 0.269 e. The van der Waals surface area contributed by atoms with Crippen molar-refractivity contribution in [1.29, 1.82) is 0 Å². The third kappa shape index (κ3) is 6.12. The number of nitro groups is 1. The molecule has 0 saturated heterocycles. The monoisotopic (exact) mass is 454 g/mol. The average molecular weight is 455 g/mol. The number of amides is 1. The standard InChI is InChI=1S/C23H26N4O4S/c1-4-31-19-11-12-20-21(16-19)32-23(24-20)26(15-5-14-25(2)3)22(28)13-8-17-6-9-18(10-7-17)27(29)30/h6-13,16H,4-5,14-15H2,1-3H3. The fourth-order valence-corrected chi connectivity index (χ4v) is 4.10. The number of anilines is 1. The fourth-order valence-electron chi connectivity index (χ4n) is 3.07. The highest BCUT2D eigenvalue weighted by atomic mass is 32.1. The predicted octanol–water partition coefficient (Wildman–Crippen LogP) is 4.60. The van der Waals surface area contributed by atoms with Crippen LogP contribution in [0.3, 0.4) is 0 Å². The van der Waals surface area contributed by atoms with E-state index >= 15 is 0 Å². The normalized spacial score (nSPS) is 11.4. The molecular weight excluding hydrogens is 428 g/mol. The molecule has 32 heavy (non-hydrogen) atoms. The SMILES string of the molecule is CCOc1ccc2nc(N(CCCN(C)C)C(=O)C=Cc3ccc([N+](=O)[O-])cc3)sc2c1. The Morgan fingerprint density at radius 2 is 1.94 bits per heavy atom. The Morgan fingerprint density at radius 3 is 2.59 bits per heavy atom. The van der Waals surface area contributed by atoms with Crippen LogP contribution in [0.1, 0.15) is 18.9 Å². The zero-order valence-corrected chi connectivity index (χ0v) is 19.2. The number of hydrogen-bond donors (Lipinski definition) is 0. The van der Waals surface area contributed by atoms with Gasteiger partial charge in [0.15, 0.2) is 5.13 Å². The summed E-state index contributed by atoms with van der Waals surface area (Å²) in [6.07, 6.45) is 3.93. The lowest BCUT2D eigenvalue weighted by molar-refractivity contribution is -0.384. The Bertz CT molecular complexity index is 1110. The maximum atomic E-state index is 13.1. The molecule has 0 radical (unpaired) electrons. The zero-order chi connectivity index (χ0) is 23.1. The minimum absolute atomic E-state index is 0.0136. The van der Waals surface area contributed by atoms with Gasteiger partial charge in [0.1, 0.15) is 5.75 Å². The minimum Gasteiger partial charge on any atom is -0.494 e. The molecule has 0 aliphatic carbocycles. The summed E-state index contributed by atoms with van der Waals surface area (Å²) in [6, 6.07) is 11.8. The summed E-state index contributed by atoms with van der Waals surface area (Å²) in [6.45, 7) is 3.89. The van der Waals surface area contributed by atoms with Crippen LogP contribution in [0.2, 0.25) is 0 Å². The number of nitrogens with zero attached hydrogens (tertiary/aromatic N) is 4. The highest BCUT2D eigenvalue weighted by molar-refractivity contribution is 7.22. The number of ether oxygens (including phenoxy) is 1. The van der Waals surface area contributed by atoms with Crippen LogP contribution in [0.15, 0.2) is 48.5 Å². The van der Waals surface area contributed by atoms with Crippen LogP contribution in [0, 0.1) is 10.1 Å². The van der Waals surface area contributed by atoms with Crippen LogP contribution in [0.5, 0.6) is 5.75 Å².